The second-order valence-corrected chi connectivity index (χ2v) is 10.00. The van der Waals surface area contributed by atoms with Crippen LogP contribution in [0, 0.1) is 5.92 Å². The smallest absolute Gasteiger partial charge is 0.167 e. The number of carbonyl (C=O) groups is 2. The highest BCUT2D eigenvalue weighted by atomic mass is 79.9. The third kappa shape index (κ3) is 5.99. The number of hydrogen-bond acceptors (Lipinski definition) is 3. The Morgan fingerprint density at radius 3 is 1.58 bits per heavy atom. The Balaban J connectivity index is 0.000000256. The van der Waals surface area contributed by atoms with Crippen LogP contribution in [-0.4, -0.2) is 11.8 Å². The summed E-state index contributed by atoms with van der Waals surface area (Å²) in [6.07, 6.45) is 0. The van der Waals surface area contributed by atoms with Crippen LogP contribution < -0.4 is 10.8 Å². The summed E-state index contributed by atoms with van der Waals surface area (Å²) in [5.41, 5.74) is 8.14. The Labute approximate surface area is 219 Å². The lowest BCUT2D eigenvalue weighted by Crippen LogP contribution is -2.51. The lowest BCUT2D eigenvalue weighted by molar-refractivity contribution is -0.420. The van der Waals surface area contributed by atoms with Crippen molar-refractivity contribution in [2.75, 3.05) is 0 Å². The largest absolute Gasteiger partial charge is 0.545 e. The topological polar surface area (TPSA) is 84.8 Å². The summed E-state index contributed by atoms with van der Waals surface area (Å²) in [6.45, 7) is 2.09. The highest BCUT2D eigenvalue weighted by Crippen LogP contribution is 2.61. The first-order chi connectivity index (χ1) is 17.4. The maximum Gasteiger partial charge on any atom is 0.167 e. The van der Waals surface area contributed by atoms with Gasteiger partial charge in [0.05, 0.1) is 5.97 Å². The number of quaternary nitrogens is 1. The van der Waals surface area contributed by atoms with Crippen molar-refractivity contribution >= 4 is 27.7 Å². The van der Waals surface area contributed by atoms with Crippen LogP contribution in [0.5, 0.6) is 0 Å². The number of ketones is 1. The first-order valence-electron chi connectivity index (χ1n) is 11.9. The van der Waals surface area contributed by atoms with Crippen LogP contribution in [0.2, 0.25) is 0 Å². The zero-order chi connectivity index (χ0) is 25.7. The molecule has 0 amide bonds. The summed E-state index contributed by atoms with van der Waals surface area (Å²) in [4.78, 5) is 24.0. The second-order valence-electron chi connectivity index (χ2n) is 9.08. The molecular formula is C31H28BrNO3. The lowest BCUT2D eigenvalue weighted by Gasteiger charge is -2.04. The summed E-state index contributed by atoms with van der Waals surface area (Å²) < 4.78 is 1.12. The number of Topliss-reactive ketones (excluding diaryl/α,β-unsaturated/α-hetero) is 1. The van der Waals surface area contributed by atoms with Crippen molar-refractivity contribution in [3.8, 4) is 0 Å². The zero-order valence-corrected chi connectivity index (χ0v) is 21.6. The van der Waals surface area contributed by atoms with Crippen LogP contribution in [0.3, 0.4) is 0 Å². The van der Waals surface area contributed by atoms with E-state index in [0.29, 0.717) is 11.6 Å². The Kier molecular flexibility index (Phi) is 8.14. The van der Waals surface area contributed by atoms with Crippen LogP contribution in [0.1, 0.15) is 62.2 Å². The first kappa shape index (κ1) is 25.5. The van der Waals surface area contributed by atoms with Gasteiger partial charge < -0.3 is 15.6 Å². The molecule has 1 fully saturated rings. The number of carbonyl (C=O) groups excluding carboxylic acids is 2. The first-order valence-corrected chi connectivity index (χ1v) is 12.7. The lowest BCUT2D eigenvalue weighted by atomic mass is 10.0. The van der Waals surface area contributed by atoms with Gasteiger partial charge in [0.15, 0.2) is 5.78 Å². The molecule has 1 saturated carbocycles. The van der Waals surface area contributed by atoms with Gasteiger partial charge in [0.1, 0.15) is 6.04 Å². The number of benzene rings is 4. The molecule has 5 rings (SSSR count). The Bertz CT molecular complexity index is 1260. The van der Waals surface area contributed by atoms with Gasteiger partial charge in [0.2, 0.25) is 0 Å². The summed E-state index contributed by atoms with van der Waals surface area (Å²) in [5.74, 6) is -1.02. The molecule has 0 aromatic heterocycles. The molecule has 0 radical (unpaired) electrons. The number of carboxylic acids is 1. The van der Waals surface area contributed by atoms with E-state index >= 15 is 0 Å². The summed E-state index contributed by atoms with van der Waals surface area (Å²) >= 11 is 3.37. The van der Waals surface area contributed by atoms with Gasteiger partial charge in [-0.1, -0.05) is 113 Å². The van der Waals surface area contributed by atoms with E-state index in [1.165, 1.54) is 17.7 Å². The van der Waals surface area contributed by atoms with Gasteiger partial charge in [-0.25, -0.2) is 0 Å². The molecule has 4 atom stereocenters. The van der Waals surface area contributed by atoms with E-state index in [1.807, 2.05) is 48.5 Å². The Morgan fingerprint density at radius 1 is 0.722 bits per heavy atom. The fourth-order valence-corrected chi connectivity index (χ4v) is 4.84. The molecule has 0 aliphatic heterocycles. The number of rotatable bonds is 6. The summed E-state index contributed by atoms with van der Waals surface area (Å²) in [7, 11) is 0. The van der Waals surface area contributed by atoms with Gasteiger partial charge in [-0.05, 0) is 35.7 Å². The van der Waals surface area contributed by atoms with Crippen molar-refractivity contribution in [2.45, 2.75) is 24.8 Å². The fraction of sp³-hybridized carbons (Fsp3) is 0.161. The minimum atomic E-state index is -1.24. The molecule has 0 bridgehead atoms. The summed E-state index contributed by atoms with van der Waals surface area (Å²) in [6, 6.07) is 34.8. The van der Waals surface area contributed by atoms with Crippen LogP contribution in [0.25, 0.3) is 0 Å². The van der Waals surface area contributed by atoms with E-state index in [9.17, 15) is 14.7 Å². The third-order valence-corrected chi connectivity index (χ3v) is 7.06. The fourth-order valence-electron chi connectivity index (χ4n) is 4.57. The summed E-state index contributed by atoms with van der Waals surface area (Å²) in [5, 5.41) is 10.9. The number of carboxylic acid groups (broad SMARTS) is 1. The molecular weight excluding hydrogens is 514 g/mol. The van der Waals surface area contributed by atoms with Crippen LogP contribution >= 0.6 is 15.9 Å². The van der Waals surface area contributed by atoms with Crippen molar-refractivity contribution in [3.63, 3.8) is 0 Å². The van der Waals surface area contributed by atoms with Gasteiger partial charge in [-0.15, -0.1) is 0 Å². The van der Waals surface area contributed by atoms with Crippen LogP contribution in [0.15, 0.2) is 114 Å². The number of hydrogen-bond donors (Lipinski definition) is 1. The molecule has 1 aliphatic rings. The van der Waals surface area contributed by atoms with E-state index in [4.69, 9.17) is 0 Å². The predicted octanol–water partition coefficient (Wildman–Crippen LogP) is 5.18. The molecule has 4 aromatic carbocycles. The van der Waals surface area contributed by atoms with Crippen molar-refractivity contribution in [1.82, 2.24) is 0 Å². The van der Waals surface area contributed by atoms with Gasteiger partial charge in [-0.2, -0.15) is 0 Å². The van der Waals surface area contributed by atoms with Gasteiger partial charge in [0, 0.05) is 33.4 Å². The minimum Gasteiger partial charge on any atom is -0.545 e. The third-order valence-electron chi connectivity index (χ3n) is 6.54. The molecule has 4 aromatic rings. The molecule has 0 spiro atoms. The van der Waals surface area contributed by atoms with Crippen LogP contribution in [0.4, 0.5) is 0 Å². The molecule has 182 valence electrons. The molecule has 0 saturated heterocycles. The van der Waals surface area contributed by atoms with Crippen LogP contribution in [-0.2, 0) is 0 Å². The quantitative estimate of drug-likeness (QED) is 0.341. The molecule has 4 nitrogen and oxygen atoms in total. The zero-order valence-electron chi connectivity index (χ0n) is 20.0. The van der Waals surface area contributed by atoms with Gasteiger partial charge >= 0.3 is 0 Å². The molecule has 36 heavy (non-hydrogen) atoms. The van der Waals surface area contributed by atoms with Crippen molar-refractivity contribution in [1.29, 1.82) is 0 Å². The van der Waals surface area contributed by atoms with Crippen molar-refractivity contribution < 1.29 is 20.4 Å². The van der Waals surface area contributed by atoms with Crippen molar-refractivity contribution in [3.05, 3.63) is 141 Å². The molecule has 0 heterocycles. The maximum absolute atomic E-state index is 13.1. The maximum atomic E-state index is 13.1. The Hall–Kier alpha value is -3.54. The van der Waals surface area contributed by atoms with E-state index in [-0.39, 0.29) is 29.1 Å². The molecule has 1 unspecified atom stereocenters. The highest BCUT2D eigenvalue weighted by molar-refractivity contribution is 9.10. The number of halogens is 1. The second kappa shape index (κ2) is 11.5. The van der Waals surface area contributed by atoms with E-state index in [1.54, 1.807) is 12.1 Å². The van der Waals surface area contributed by atoms with E-state index < -0.39 is 5.97 Å². The number of aromatic carboxylic acids is 1. The average molecular weight is 542 g/mol. The minimum absolute atomic E-state index is 0.0533. The molecule has 1 aliphatic carbocycles. The predicted molar refractivity (Wildman–Crippen MR) is 142 cm³/mol. The van der Waals surface area contributed by atoms with Crippen molar-refractivity contribution in [2.24, 2.45) is 5.92 Å². The SMILES string of the molecule is C[C@H]([NH3+])c1ccc(Br)cc1.O=C([O-])c1ccc(C(=O)C2[C@@H](c3ccccc3)[C@H]2c2ccccc2)cc1. The molecule has 3 N–H and O–H groups in total. The highest BCUT2D eigenvalue weighted by Gasteiger charge is 2.55. The van der Waals surface area contributed by atoms with E-state index in [2.05, 4.69) is 65.0 Å². The standard InChI is InChI=1S/C23H18O3.C8H10BrN/c24-22(17-11-13-18(14-12-17)23(25)26)21-19(15-7-3-1-4-8-15)20(21)16-9-5-2-6-10-16;1-6(10)7-2-4-8(9)5-3-7/h1-14,19-21H,(H,25,26);2-6H,10H2,1H3/t19-,20+,21?;6-/m.0/s1. The average Bonchev–Trinajstić information content (AvgIpc) is 3.66. The normalized spacial score (nSPS) is 18.9. The molecule has 5 heteroatoms. The monoisotopic (exact) mass is 541 g/mol. The van der Waals surface area contributed by atoms with E-state index in [0.717, 1.165) is 15.6 Å². The van der Waals surface area contributed by atoms with Gasteiger partial charge in [-0.3, -0.25) is 4.79 Å². The van der Waals surface area contributed by atoms with Gasteiger partial charge in [0.25, 0.3) is 0 Å². The Morgan fingerprint density at radius 2 is 1.17 bits per heavy atom.